The van der Waals surface area contributed by atoms with Gasteiger partial charge in [-0.3, -0.25) is 4.90 Å². The molecule has 1 heterocycles. The van der Waals surface area contributed by atoms with E-state index < -0.39 is 10.0 Å². The third-order valence-electron chi connectivity index (χ3n) is 5.48. The number of hydrogen-bond donors (Lipinski definition) is 1. The van der Waals surface area contributed by atoms with Gasteiger partial charge in [0.25, 0.3) is 0 Å². The third-order valence-corrected chi connectivity index (χ3v) is 6.88. The number of likely N-dealkylation sites (tertiary alicyclic amines) is 1. The number of nitrogens with zero attached hydrogens (tertiary/aromatic N) is 1. The van der Waals surface area contributed by atoms with Gasteiger partial charge in [0.15, 0.2) is 0 Å². The average molecular weight is 417 g/mol. The number of rotatable bonds is 8. The van der Waals surface area contributed by atoms with Crippen LogP contribution in [0.5, 0.6) is 5.75 Å². The number of nitrogens with one attached hydrogen (secondary N) is 1. The van der Waals surface area contributed by atoms with Crippen LogP contribution in [0.1, 0.15) is 55.7 Å². The smallest absolute Gasteiger partial charge is 0.240 e. The van der Waals surface area contributed by atoms with E-state index in [1.165, 1.54) is 37.9 Å². The Morgan fingerprint density at radius 2 is 1.66 bits per heavy atom. The Kier molecular flexibility index (Phi) is 7.33. The van der Waals surface area contributed by atoms with Crippen molar-refractivity contribution in [3.05, 3.63) is 59.2 Å². The van der Waals surface area contributed by atoms with Crippen LogP contribution in [0, 0.1) is 0 Å². The number of sulfonamides is 1. The fourth-order valence-corrected chi connectivity index (χ4v) is 4.78. The topological polar surface area (TPSA) is 58.6 Å². The van der Waals surface area contributed by atoms with Crippen molar-refractivity contribution in [2.45, 2.75) is 57.0 Å². The van der Waals surface area contributed by atoms with E-state index in [2.05, 4.69) is 21.8 Å². The van der Waals surface area contributed by atoms with Gasteiger partial charge in [0, 0.05) is 13.1 Å². The summed E-state index contributed by atoms with van der Waals surface area (Å²) in [6, 6.07) is 13.2. The van der Waals surface area contributed by atoms with Gasteiger partial charge >= 0.3 is 0 Å². The van der Waals surface area contributed by atoms with Gasteiger partial charge in [0.1, 0.15) is 5.75 Å². The predicted octanol–water partition coefficient (Wildman–Crippen LogP) is 4.28. The zero-order valence-corrected chi connectivity index (χ0v) is 18.5. The van der Waals surface area contributed by atoms with Crippen LogP contribution < -0.4 is 9.46 Å². The van der Waals surface area contributed by atoms with Crippen LogP contribution in [0.3, 0.4) is 0 Å². The van der Waals surface area contributed by atoms with Gasteiger partial charge in [-0.2, -0.15) is 0 Å². The van der Waals surface area contributed by atoms with E-state index in [1.807, 2.05) is 26.0 Å². The summed E-state index contributed by atoms with van der Waals surface area (Å²) in [6.07, 6.45) is 3.90. The minimum atomic E-state index is -3.59. The van der Waals surface area contributed by atoms with E-state index in [0.717, 1.165) is 17.7 Å². The lowest BCUT2D eigenvalue weighted by Crippen LogP contribution is -2.29. The van der Waals surface area contributed by atoms with E-state index in [9.17, 15) is 8.42 Å². The molecule has 1 saturated heterocycles. The summed E-state index contributed by atoms with van der Waals surface area (Å²) in [7, 11) is -1.99. The molecule has 1 N–H and O–H groups in total. The van der Waals surface area contributed by atoms with Crippen molar-refractivity contribution in [1.82, 2.24) is 9.62 Å². The Balaban J connectivity index is 1.63. The monoisotopic (exact) mass is 416 g/mol. The average Bonchev–Trinajstić information content (AvgIpc) is 2.73. The standard InChI is InChI=1S/C23H32N2O3S/c1-18(2)22-15-21(11-12-23(22)28-3)29(26,27)24-16-19-7-9-20(10-8-19)17-25-13-5-4-6-14-25/h7-12,15,18,24H,4-6,13-14,16-17H2,1-3H3. The maximum absolute atomic E-state index is 12.8. The normalized spacial score (nSPS) is 15.6. The van der Waals surface area contributed by atoms with Crippen LogP contribution in [0.15, 0.2) is 47.4 Å². The molecule has 3 rings (SSSR count). The van der Waals surface area contributed by atoms with Crippen molar-refractivity contribution < 1.29 is 13.2 Å². The van der Waals surface area contributed by atoms with Crippen molar-refractivity contribution in [3.63, 3.8) is 0 Å². The minimum Gasteiger partial charge on any atom is -0.496 e. The second-order valence-electron chi connectivity index (χ2n) is 8.04. The first-order valence-electron chi connectivity index (χ1n) is 10.4. The lowest BCUT2D eigenvalue weighted by atomic mass is 10.0. The highest BCUT2D eigenvalue weighted by molar-refractivity contribution is 7.89. The molecule has 0 atom stereocenters. The Hall–Kier alpha value is -1.89. The predicted molar refractivity (Wildman–Crippen MR) is 117 cm³/mol. The lowest BCUT2D eigenvalue weighted by molar-refractivity contribution is 0.221. The number of hydrogen-bond acceptors (Lipinski definition) is 4. The lowest BCUT2D eigenvalue weighted by Gasteiger charge is -2.26. The molecule has 0 aromatic heterocycles. The summed E-state index contributed by atoms with van der Waals surface area (Å²) in [4.78, 5) is 2.75. The molecule has 158 valence electrons. The third kappa shape index (κ3) is 5.81. The van der Waals surface area contributed by atoms with Gasteiger partial charge in [0.05, 0.1) is 12.0 Å². The molecule has 1 fully saturated rings. The molecule has 29 heavy (non-hydrogen) atoms. The molecule has 0 saturated carbocycles. The molecule has 0 aliphatic carbocycles. The Morgan fingerprint density at radius 3 is 2.28 bits per heavy atom. The quantitative estimate of drug-likeness (QED) is 0.698. The molecule has 0 spiro atoms. The van der Waals surface area contributed by atoms with Crippen LogP contribution in [0.2, 0.25) is 0 Å². The Morgan fingerprint density at radius 1 is 1.00 bits per heavy atom. The molecule has 2 aromatic carbocycles. The molecule has 0 unspecified atom stereocenters. The largest absolute Gasteiger partial charge is 0.496 e. The number of benzene rings is 2. The summed E-state index contributed by atoms with van der Waals surface area (Å²) < 4.78 is 33.6. The summed E-state index contributed by atoms with van der Waals surface area (Å²) in [5.74, 6) is 0.885. The second-order valence-corrected chi connectivity index (χ2v) is 9.80. The van der Waals surface area contributed by atoms with Crippen LogP contribution >= 0.6 is 0 Å². The van der Waals surface area contributed by atoms with Crippen LogP contribution in [-0.2, 0) is 23.1 Å². The van der Waals surface area contributed by atoms with Crippen molar-refractivity contribution in [2.24, 2.45) is 0 Å². The highest BCUT2D eigenvalue weighted by Crippen LogP contribution is 2.28. The summed E-state index contributed by atoms with van der Waals surface area (Å²) in [6.45, 7) is 7.62. The number of piperidine rings is 1. The summed E-state index contributed by atoms with van der Waals surface area (Å²) >= 11 is 0. The molecule has 1 aliphatic rings. The van der Waals surface area contributed by atoms with Gasteiger partial charge < -0.3 is 4.74 Å². The maximum Gasteiger partial charge on any atom is 0.240 e. The molecule has 0 radical (unpaired) electrons. The molecule has 6 heteroatoms. The van der Waals surface area contributed by atoms with Crippen LogP contribution in [0.25, 0.3) is 0 Å². The first-order valence-corrected chi connectivity index (χ1v) is 11.8. The number of methoxy groups -OCH3 is 1. The fourth-order valence-electron chi connectivity index (χ4n) is 3.73. The Bertz CT molecular complexity index is 902. The molecule has 1 aliphatic heterocycles. The summed E-state index contributed by atoms with van der Waals surface area (Å²) in [5, 5.41) is 0. The molecular formula is C23H32N2O3S. The van der Waals surface area contributed by atoms with E-state index in [4.69, 9.17) is 4.74 Å². The SMILES string of the molecule is COc1ccc(S(=O)(=O)NCc2ccc(CN3CCCCC3)cc2)cc1C(C)C. The van der Waals surface area contributed by atoms with Crippen LogP contribution in [0.4, 0.5) is 0 Å². The van der Waals surface area contributed by atoms with Crippen molar-refractivity contribution >= 4 is 10.0 Å². The van der Waals surface area contributed by atoms with Gasteiger partial charge in [0.2, 0.25) is 10.0 Å². The Labute approximate surface area is 175 Å². The van der Waals surface area contributed by atoms with Crippen molar-refractivity contribution in [3.8, 4) is 5.75 Å². The van der Waals surface area contributed by atoms with E-state index >= 15 is 0 Å². The van der Waals surface area contributed by atoms with E-state index in [0.29, 0.717) is 5.75 Å². The first kappa shape index (κ1) is 21.8. The molecule has 0 bridgehead atoms. The van der Waals surface area contributed by atoms with E-state index in [1.54, 1.807) is 25.3 Å². The minimum absolute atomic E-state index is 0.174. The van der Waals surface area contributed by atoms with Crippen molar-refractivity contribution in [1.29, 1.82) is 0 Å². The second kappa shape index (κ2) is 9.74. The van der Waals surface area contributed by atoms with E-state index in [-0.39, 0.29) is 17.4 Å². The summed E-state index contributed by atoms with van der Waals surface area (Å²) in [5.41, 5.74) is 3.11. The first-order chi connectivity index (χ1) is 13.9. The van der Waals surface area contributed by atoms with Crippen LogP contribution in [-0.4, -0.2) is 33.5 Å². The number of ether oxygens (including phenoxy) is 1. The van der Waals surface area contributed by atoms with Gasteiger partial charge in [-0.25, -0.2) is 13.1 Å². The maximum atomic E-state index is 12.8. The molecule has 2 aromatic rings. The van der Waals surface area contributed by atoms with Gasteiger partial charge in [-0.05, 0) is 66.7 Å². The van der Waals surface area contributed by atoms with Crippen molar-refractivity contribution in [2.75, 3.05) is 20.2 Å². The van der Waals surface area contributed by atoms with Gasteiger partial charge in [-0.15, -0.1) is 0 Å². The van der Waals surface area contributed by atoms with Gasteiger partial charge in [-0.1, -0.05) is 44.5 Å². The highest BCUT2D eigenvalue weighted by atomic mass is 32.2. The zero-order valence-electron chi connectivity index (χ0n) is 17.6. The molecular weight excluding hydrogens is 384 g/mol. The highest BCUT2D eigenvalue weighted by Gasteiger charge is 2.18. The molecule has 5 nitrogen and oxygen atoms in total. The molecule has 0 amide bonds. The zero-order chi connectivity index (χ0) is 20.9. The fraction of sp³-hybridized carbons (Fsp3) is 0.478.